The first-order valence-electron chi connectivity index (χ1n) is 10.7. The van der Waals surface area contributed by atoms with Gasteiger partial charge >= 0.3 is 0 Å². The van der Waals surface area contributed by atoms with E-state index in [2.05, 4.69) is 16.8 Å². The normalized spacial score (nSPS) is 15.9. The van der Waals surface area contributed by atoms with E-state index >= 15 is 0 Å². The predicted molar refractivity (Wildman–Crippen MR) is 120 cm³/mol. The van der Waals surface area contributed by atoms with Crippen molar-refractivity contribution in [1.29, 1.82) is 0 Å². The van der Waals surface area contributed by atoms with E-state index in [4.69, 9.17) is 9.40 Å². The molecule has 0 spiro atoms. The Balaban J connectivity index is 1.21. The lowest BCUT2D eigenvalue weighted by atomic mass is 9.96. The third-order valence-corrected chi connectivity index (χ3v) is 6.78. The minimum absolute atomic E-state index is 0.140. The van der Waals surface area contributed by atoms with E-state index in [1.807, 2.05) is 30.5 Å². The summed E-state index contributed by atoms with van der Waals surface area (Å²) in [5.74, 6) is 2.22. The highest BCUT2D eigenvalue weighted by Gasteiger charge is 2.21. The van der Waals surface area contributed by atoms with Gasteiger partial charge in [-0.3, -0.25) is 0 Å². The Hall–Kier alpha value is -2.02. The van der Waals surface area contributed by atoms with Gasteiger partial charge in [-0.2, -0.15) is 0 Å². The summed E-state index contributed by atoms with van der Waals surface area (Å²) in [6.45, 7) is 7.16. The first-order valence-corrected chi connectivity index (χ1v) is 11.6. The molecule has 1 aliphatic heterocycles. The predicted octanol–water partition coefficient (Wildman–Crippen LogP) is 5.24. The number of hydrogen-bond donors (Lipinski definition) is 0. The van der Waals surface area contributed by atoms with Gasteiger partial charge in [-0.15, -0.1) is 11.3 Å². The van der Waals surface area contributed by atoms with Gasteiger partial charge in [0.1, 0.15) is 11.6 Å². The van der Waals surface area contributed by atoms with Crippen LogP contribution in [0.15, 0.2) is 46.2 Å². The lowest BCUT2D eigenvalue weighted by Crippen LogP contribution is -2.38. The molecule has 1 saturated heterocycles. The zero-order chi connectivity index (χ0) is 20.9. The summed E-state index contributed by atoms with van der Waals surface area (Å²) in [5, 5.41) is 2.05. The van der Waals surface area contributed by atoms with E-state index in [0.29, 0.717) is 5.92 Å². The molecule has 1 aromatic carbocycles. The van der Waals surface area contributed by atoms with E-state index in [0.717, 1.165) is 66.9 Å². The molecule has 4 nitrogen and oxygen atoms in total. The fourth-order valence-electron chi connectivity index (χ4n) is 4.21. The van der Waals surface area contributed by atoms with E-state index in [9.17, 15) is 4.39 Å². The Morgan fingerprint density at radius 2 is 2.07 bits per heavy atom. The number of nitrogens with zero attached hydrogens (tertiary/aromatic N) is 3. The van der Waals surface area contributed by atoms with Crippen LogP contribution in [0.5, 0.6) is 0 Å². The Labute approximate surface area is 182 Å². The van der Waals surface area contributed by atoms with Gasteiger partial charge in [0.2, 0.25) is 5.89 Å². The maximum atomic E-state index is 13.3. The third-order valence-electron chi connectivity index (χ3n) is 5.93. The number of likely N-dealkylation sites (tertiary alicyclic amines) is 1. The molecular formula is C24H30FN3OS. The lowest BCUT2D eigenvalue weighted by molar-refractivity contribution is 0.152. The van der Waals surface area contributed by atoms with Crippen molar-refractivity contribution in [2.75, 3.05) is 33.2 Å². The van der Waals surface area contributed by atoms with Gasteiger partial charge in [-0.05, 0) is 81.4 Å². The largest absolute Gasteiger partial charge is 0.440 e. The number of halogens is 1. The highest BCUT2D eigenvalue weighted by molar-refractivity contribution is 7.13. The van der Waals surface area contributed by atoms with Crippen molar-refractivity contribution in [3.8, 4) is 10.8 Å². The Morgan fingerprint density at radius 1 is 1.23 bits per heavy atom. The number of benzene rings is 1. The molecule has 0 saturated carbocycles. The van der Waals surface area contributed by atoms with Crippen LogP contribution in [-0.2, 0) is 13.0 Å². The SMILES string of the molecule is Cc1oc(-c2cccs2)nc1CN(C)CC1CCN(CCc2cccc(F)c2)CC1. The number of hydrogen-bond acceptors (Lipinski definition) is 5. The minimum Gasteiger partial charge on any atom is -0.440 e. The molecule has 0 bridgehead atoms. The fraction of sp³-hybridized carbons (Fsp3) is 0.458. The molecule has 160 valence electrons. The summed E-state index contributed by atoms with van der Waals surface area (Å²) < 4.78 is 19.2. The first kappa shape index (κ1) is 21.2. The summed E-state index contributed by atoms with van der Waals surface area (Å²) in [6.07, 6.45) is 3.35. The molecule has 3 aromatic rings. The number of aromatic nitrogens is 1. The number of piperidine rings is 1. The molecule has 1 aliphatic rings. The fourth-order valence-corrected chi connectivity index (χ4v) is 4.86. The second-order valence-corrected chi connectivity index (χ2v) is 9.31. The molecule has 2 aromatic heterocycles. The summed E-state index contributed by atoms with van der Waals surface area (Å²) in [6, 6.07) is 11.0. The van der Waals surface area contributed by atoms with Crippen LogP contribution in [0.1, 0.15) is 29.9 Å². The Kier molecular flexibility index (Phi) is 6.97. The van der Waals surface area contributed by atoms with E-state index in [1.54, 1.807) is 23.5 Å². The molecule has 30 heavy (non-hydrogen) atoms. The van der Waals surface area contributed by atoms with Gasteiger partial charge in [0.05, 0.1) is 10.6 Å². The first-order chi connectivity index (χ1) is 14.6. The zero-order valence-corrected chi connectivity index (χ0v) is 18.6. The van der Waals surface area contributed by atoms with E-state index < -0.39 is 0 Å². The quantitative estimate of drug-likeness (QED) is 0.492. The van der Waals surface area contributed by atoms with Crippen molar-refractivity contribution < 1.29 is 8.81 Å². The molecule has 0 aliphatic carbocycles. The third kappa shape index (κ3) is 5.56. The molecule has 0 radical (unpaired) electrons. The van der Waals surface area contributed by atoms with Crippen LogP contribution < -0.4 is 0 Å². The van der Waals surface area contributed by atoms with Gasteiger partial charge in [0.25, 0.3) is 0 Å². The summed E-state index contributed by atoms with van der Waals surface area (Å²) >= 11 is 1.66. The van der Waals surface area contributed by atoms with Crippen LogP contribution in [0.25, 0.3) is 10.8 Å². The summed E-state index contributed by atoms with van der Waals surface area (Å²) in [5.41, 5.74) is 2.12. The molecule has 1 fully saturated rings. The van der Waals surface area contributed by atoms with E-state index in [1.165, 1.54) is 18.9 Å². The number of aryl methyl sites for hydroxylation is 1. The van der Waals surface area contributed by atoms with Crippen LogP contribution in [0.4, 0.5) is 4.39 Å². The minimum atomic E-state index is -0.140. The second kappa shape index (κ2) is 9.86. The molecule has 0 unspecified atom stereocenters. The number of thiophene rings is 1. The number of rotatable bonds is 8. The average Bonchev–Trinajstić information content (AvgIpc) is 3.38. The highest BCUT2D eigenvalue weighted by atomic mass is 32.1. The van der Waals surface area contributed by atoms with Crippen LogP contribution in [-0.4, -0.2) is 48.0 Å². The van der Waals surface area contributed by atoms with Crippen LogP contribution in [0.2, 0.25) is 0 Å². The molecule has 0 atom stereocenters. The molecule has 0 N–H and O–H groups in total. The van der Waals surface area contributed by atoms with Crippen molar-refractivity contribution in [2.24, 2.45) is 5.92 Å². The van der Waals surface area contributed by atoms with Crippen LogP contribution in [0, 0.1) is 18.7 Å². The molecule has 3 heterocycles. The van der Waals surface area contributed by atoms with Gasteiger partial charge in [-0.1, -0.05) is 18.2 Å². The van der Waals surface area contributed by atoms with Crippen molar-refractivity contribution in [2.45, 2.75) is 32.7 Å². The number of oxazole rings is 1. The second-order valence-electron chi connectivity index (χ2n) is 8.36. The van der Waals surface area contributed by atoms with Gasteiger partial charge in [0.15, 0.2) is 0 Å². The Morgan fingerprint density at radius 3 is 2.80 bits per heavy atom. The molecule has 0 amide bonds. The summed E-state index contributed by atoms with van der Waals surface area (Å²) in [4.78, 5) is 10.7. The smallest absolute Gasteiger partial charge is 0.236 e. The van der Waals surface area contributed by atoms with Gasteiger partial charge < -0.3 is 14.2 Å². The maximum absolute atomic E-state index is 13.3. The molecular weight excluding hydrogens is 397 g/mol. The van der Waals surface area contributed by atoms with Crippen molar-refractivity contribution in [3.63, 3.8) is 0 Å². The maximum Gasteiger partial charge on any atom is 0.236 e. The van der Waals surface area contributed by atoms with Crippen molar-refractivity contribution in [1.82, 2.24) is 14.8 Å². The van der Waals surface area contributed by atoms with Crippen molar-refractivity contribution in [3.05, 3.63) is 64.6 Å². The van der Waals surface area contributed by atoms with Crippen LogP contribution in [0.3, 0.4) is 0 Å². The average molecular weight is 428 g/mol. The lowest BCUT2D eigenvalue weighted by Gasteiger charge is -2.33. The molecule has 6 heteroatoms. The monoisotopic (exact) mass is 427 g/mol. The zero-order valence-electron chi connectivity index (χ0n) is 17.8. The summed E-state index contributed by atoms with van der Waals surface area (Å²) in [7, 11) is 2.18. The Bertz CT molecular complexity index is 932. The van der Waals surface area contributed by atoms with Gasteiger partial charge in [-0.25, -0.2) is 9.37 Å². The highest BCUT2D eigenvalue weighted by Crippen LogP contribution is 2.27. The van der Waals surface area contributed by atoms with E-state index in [-0.39, 0.29) is 5.82 Å². The van der Waals surface area contributed by atoms with Gasteiger partial charge in [0, 0.05) is 19.6 Å². The van der Waals surface area contributed by atoms with Crippen LogP contribution >= 0.6 is 11.3 Å². The standard InChI is InChI=1S/C24H30FN3OS/c1-18-22(26-24(29-18)23-7-4-14-30-23)17-27(2)16-20-9-12-28(13-10-20)11-8-19-5-3-6-21(25)15-19/h3-7,14-15,20H,8-13,16-17H2,1-2H3. The topological polar surface area (TPSA) is 32.5 Å². The van der Waals surface area contributed by atoms with Crippen molar-refractivity contribution >= 4 is 11.3 Å². The molecule has 4 rings (SSSR count).